The van der Waals surface area contributed by atoms with E-state index in [4.69, 9.17) is 5.73 Å². The SMILES string of the molecule is NC(=O)C1=CCN(OC(=O)C(F)(F)F)CC1. The molecule has 0 atom stereocenters. The first-order chi connectivity index (χ1) is 7.30. The fourth-order valence-corrected chi connectivity index (χ4v) is 1.13. The van der Waals surface area contributed by atoms with Crippen LogP contribution >= 0.6 is 0 Å². The minimum absolute atomic E-state index is 0.0105. The maximum Gasteiger partial charge on any atom is 0.492 e. The lowest BCUT2D eigenvalue weighted by Crippen LogP contribution is -2.38. The highest BCUT2D eigenvalue weighted by molar-refractivity contribution is 5.92. The Hall–Kier alpha value is -1.57. The van der Waals surface area contributed by atoms with Gasteiger partial charge in [0.2, 0.25) is 5.91 Å². The summed E-state index contributed by atoms with van der Waals surface area (Å²) in [6, 6.07) is 0. The molecule has 1 amide bonds. The Labute approximate surface area is 88.6 Å². The van der Waals surface area contributed by atoms with E-state index in [-0.39, 0.29) is 19.5 Å². The molecule has 0 aliphatic carbocycles. The van der Waals surface area contributed by atoms with Crippen LogP contribution in [0.25, 0.3) is 0 Å². The number of hydroxylamine groups is 2. The van der Waals surface area contributed by atoms with Crippen LogP contribution in [0.1, 0.15) is 6.42 Å². The number of rotatable bonds is 2. The van der Waals surface area contributed by atoms with Gasteiger partial charge in [0.25, 0.3) is 0 Å². The highest BCUT2D eigenvalue weighted by Gasteiger charge is 2.42. The molecule has 0 unspecified atom stereocenters. The number of primary amides is 1. The summed E-state index contributed by atoms with van der Waals surface area (Å²) < 4.78 is 35.5. The molecule has 2 N–H and O–H groups in total. The maximum atomic E-state index is 11.8. The van der Waals surface area contributed by atoms with Crippen molar-refractivity contribution < 1.29 is 27.6 Å². The largest absolute Gasteiger partial charge is 0.492 e. The van der Waals surface area contributed by atoms with E-state index in [1.54, 1.807) is 0 Å². The minimum atomic E-state index is -5.02. The van der Waals surface area contributed by atoms with Gasteiger partial charge in [0.05, 0.1) is 6.54 Å². The summed E-state index contributed by atoms with van der Waals surface area (Å²) in [5.41, 5.74) is 5.29. The summed E-state index contributed by atoms with van der Waals surface area (Å²) in [4.78, 5) is 25.2. The summed E-state index contributed by atoms with van der Waals surface area (Å²) in [7, 11) is 0. The van der Waals surface area contributed by atoms with Gasteiger partial charge < -0.3 is 10.6 Å². The summed E-state index contributed by atoms with van der Waals surface area (Å²) >= 11 is 0. The van der Waals surface area contributed by atoms with Gasteiger partial charge in [0.1, 0.15) is 0 Å². The van der Waals surface area contributed by atoms with Gasteiger partial charge in [0.15, 0.2) is 0 Å². The molecule has 8 heteroatoms. The second-order valence-corrected chi connectivity index (χ2v) is 3.11. The van der Waals surface area contributed by atoms with Crippen LogP contribution in [0.3, 0.4) is 0 Å². The summed E-state index contributed by atoms with van der Waals surface area (Å²) in [5.74, 6) is -2.90. The van der Waals surface area contributed by atoms with E-state index in [1.807, 2.05) is 0 Å². The first-order valence-corrected chi connectivity index (χ1v) is 4.33. The maximum absolute atomic E-state index is 11.8. The average Bonchev–Trinajstić information content (AvgIpc) is 2.17. The van der Waals surface area contributed by atoms with Crippen LogP contribution in [0.15, 0.2) is 11.6 Å². The van der Waals surface area contributed by atoms with Gasteiger partial charge in [-0.1, -0.05) is 6.08 Å². The molecule has 0 saturated heterocycles. The third-order valence-corrected chi connectivity index (χ3v) is 1.93. The molecule has 16 heavy (non-hydrogen) atoms. The number of halogens is 3. The molecule has 90 valence electrons. The molecular weight excluding hydrogens is 229 g/mol. The number of hydrogen-bond acceptors (Lipinski definition) is 4. The molecule has 1 rings (SSSR count). The summed E-state index contributed by atoms with van der Waals surface area (Å²) in [6.45, 7) is -0.0727. The molecule has 0 radical (unpaired) electrons. The van der Waals surface area contributed by atoms with E-state index >= 15 is 0 Å². The lowest BCUT2D eigenvalue weighted by Gasteiger charge is -2.24. The van der Waals surface area contributed by atoms with E-state index in [1.165, 1.54) is 6.08 Å². The number of carbonyl (C=O) groups excluding carboxylic acids is 2. The van der Waals surface area contributed by atoms with Crippen molar-refractivity contribution >= 4 is 11.9 Å². The Morgan fingerprint density at radius 3 is 2.44 bits per heavy atom. The van der Waals surface area contributed by atoms with Crippen LogP contribution in [0.4, 0.5) is 13.2 Å². The van der Waals surface area contributed by atoms with Crippen molar-refractivity contribution in [2.75, 3.05) is 13.1 Å². The summed E-state index contributed by atoms with van der Waals surface area (Å²) in [5, 5.41) is 0.822. The molecule has 0 fully saturated rings. The van der Waals surface area contributed by atoms with Crippen molar-refractivity contribution in [3.05, 3.63) is 11.6 Å². The van der Waals surface area contributed by atoms with Crippen LogP contribution in [-0.4, -0.2) is 36.2 Å². The normalized spacial score (nSPS) is 17.8. The number of nitrogens with two attached hydrogens (primary N) is 1. The van der Waals surface area contributed by atoms with Crippen molar-refractivity contribution in [2.45, 2.75) is 12.6 Å². The molecule has 0 aromatic heterocycles. The molecule has 0 bridgehead atoms. The highest BCUT2D eigenvalue weighted by atomic mass is 19.4. The minimum Gasteiger partial charge on any atom is -0.366 e. The van der Waals surface area contributed by atoms with E-state index in [2.05, 4.69) is 4.84 Å². The lowest BCUT2D eigenvalue weighted by molar-refractivity contribution is -0.237. The smallest absolute Gasteiger partial charge is 0.366 e. The van der Waals surface area contributed by atoms with Crippen LogP contribution < -0.4 is 5.73 Å². The van der Waals surface area contributed by atoms with E-state index in [9.17, 15) is 22.8 Å². The molecule has 0 aromatic rings. The Balaban J connectivity index is 2.50. The second kappa shape index (κ2) is 4.52. The molecule has 1 heterocycles. The van der Waals surface area contributed by atoms with Crippen molar-refractivity contribution in [1.82, 2.24) is 5.06 Å². The van der Waals surface area contributed by atoms with Crippen molar-refractivity contribution in [2.24, 2.45) is 5.73 Å². The molecule has 1 aliphatic rings. The van der Waals surface area contributed by atoms with Crippen LogP contribution in [0, 0.1) is 0 Å². The zero-order valence-electron chi connectivity index (χ0n) is 8.08. The molecule has 0 spiro atoms. The van der Waals surface area contributed by atoms with Crippen molar-refractivity contribution in [1.29, 1.82) is 0 Å². The van der Waals surface area contributed by atoms with Gasteiger partial charge in [-0.25, -0.2) is 4.79 Å². The molecule has 5 nitrogen and oxygen atoms in total. The van der Waals surface area contributed by atoms with Gasteiger partial charge in [0, 0.05) is 12.1 Å². The van der Waals surface area contributed by atoms with Gasteiger partial charge in [-0.05, 0) is 6.42 Å². The van der Waals surface area contributed by atoms with Crippen molar-refractivity contribution in [3.8, 4) is 0 Å². The highest BCUT2D eigenvalue weighted by Crippen LogP contribution is 2.19. The van der Waals surface area contributed by atoms with E-state index < -0.39 is 18.1 Å². The fraction of sp³-hybridized carbons (Fsp3) is 0.500. The number of amides is 1. The monoisotopic (exact) mass is 238 g/mol. The van der Waals surface area contributed by atoms with Crippen LogP contribution in [0.2, 0.25) is 0 Å². The molecule has 1 aliphatic heterocycles. The molecule has 0 aromatic carbocycles. The lowest BCUT2D eigenvalue weighted by atomic mass is 10.1. The van der Waals surface area contributed by atoms with Crippen LogP contribution in [0.5, 0.6) is 0 Å². The molecular formula is C8H9F3N2O3. The topological polar surface area (TPSA) is 72.6 Å². The zero-order chi connectivity index (χ0) is 12.3. The number of hydrogen-bond donors (Lipinski definition) is 1. The van der Waals surface area contributed by atoms with Gasteiger partial charge in [-0.2, -0.15) is 13.2 Å². The predicted octanol–water partition coefficient (Wildman–Crippen LogP) is 0.124. The number of alkyl halides is 3. The average molecular weight is 238 g/mol. The van der Waals surface area contributed by atoms with Crippen LogP contribution in [-0.2, 0) is 14.4 Å². The zero-order valence-corrected chi connectivity index (χ0v) is 8.08. The standard InChI is InChI=1S/C8H9F3N2O3/c9-8(10,11)7(15)16-13-3-1-5(2-4-13)6(12)14/h1H,2-4H2,(H2,12,14). The second-order valence-electron chi connectivity index (χ2n) is 3.11. The predicted molar refractivity (Wildman–Crippen MR) is 45.6 cm³/mol. The third kappa shape index (κ3) is 3.23. The summed E-state index contributed by atoms with van der Waals surface area (Å²) in [6.07, 6.45) is -3.54. The third-order valence-electron chi connectivity index (χ3n) is 1.93. The van der Waals surface area contributed by atoms with E-state index in [0.717, 1.165) is 5.06 Å². The van der Waals surface area contributed by atoms with Crippen molar-refractivity contribution in [3.63, 3.8) is 0 Å². The Morgan fingerprint density at radius 1 is 1.44 bits per heavy atom. The Kier molecular flexibility index (Phi) is 3.53. The fourth-order valence-electron chi connectivity index (χ4n) is 1.13. The Bertz CT molecular complexity index is 338. The first kappa shape index (κ1) is 12.5. The van der Waals surface area contributed by atoms with Gasteiger partial charge >= 0.3 is 12.1 Å². The quantitative estimate of drug-likeness (QED) is 0.741. The van der Waals surface area contributed by atoms with E-state index in [0.29, 0.717) is 5.57 Å². The number of carbonyl (C=O) groups is 2. The number of nitrogens with zero attached hydrogens (tertiary/aromatic N) is 1. The van der Waals surface area contributed by atoms with Gasteiger partial charge in [-0.15, -0.1) is 5.06 Å². The van der Waals surface area contributed by atoms with Gasteiger partial charge in [-0.3, -0.25) is 4.79 Å². The molecule has 0 saturated carbocycles. The Morgan fingerprint density at radius 2 is 2.06 bits per heavy atom. The first-order valence-electron chi connectivity index (χ1n) is 4.33.